The van der Waals surface area contributed by atoms with E-state index in [4.69, 9.17) is 0 Å². The zero-order valence-corrected chi connectivity index (χ0v) is 8.07. The Kier molecular flexibility index (Phi) is 2.26. The SMILES string of the molecule is C=C(C([O])=O)c1cccc2ccccc12. The number of hydrogen-bond donors (Lipinski definition) is 0. The Balaban J connectivity index is 2.71. The maximum atomic E-state index is 10.7. The molecule has 2 aromatic rings. The second-order valence-corrected chi connectivity index (χ2v) is 3.29. The molecule has 0 bridgehead atoms. The molecule has 2 aromatic carbocycles. The molecule has 0 atom stereocenters. The van der Waals surface area contributed by atoms with Crippen LogP contribution in [-0.4, -0.2) is 5.97 Å². The fourth-order valence-corrected chi connectivity index (χ4v) is 1.60. The first-order chi connectivity index (χ1) is 7.20. The highest BCUT2D eigenvalue weighted by molar-refractivity contribution is 6.18. The number of carbonyl (C=O) groups excluding carboxylic acids is 1. The van der Waals surface area contributed by atoms with E-state index in [0.717, 1.165) is 10.8 Å². The van der Waals surface area contributed by atoms with Crippen LogP contribution in [0.4, 0.5) is 0 Å². The molecule has 0 amide bonds. The van der Waals surface area contributed by atoms with Gasteiger partial charge in [-0.05, 0) is 16.3 Å². The fraction of sp³-hybridized carbons (Fsp3) is 0. The first-order valence-electron chi connectivity index (χ1n) is 4.58. The molecule has 0 unspecified atom stereocenters. The zero-order valence-electron chi connectivity index (χ0n) is 8.07. The minimum absolute atomic E-state index is 0.0202. The summed E-state index contributed by atoms with van der Waals surface area (Å²) < 4.78 is 0. The van der Waals surface area contributed by atoms with Crippen molar-refractivity contribution in [3.8, 4) is 0 Å². The van der Waals surface area contributed by atoms with Crippen LogP contribution in [0.5, 0.6) is 0 Å². The number of hydrogen-bond acceptors (Lipinski definition) is 1. The second-order valence-electron chi connectivity index (χ2n) is 3.29. The largest absolute Gasteiger partial charge is 0.386 e. The monoisotopic (exact) mass is 197 g/mol. The van der Waals surface area contributed by atoms with Crippen LogP contribution in [0.2, 0.25) is 0 Å². The molecule has 2 nitrogen and oxygen atoms in total. The first kappa shape index (κ1) is 9.46. The van der Waals surface area contributed by atoms with Gasteiger partial charge in [-0.3, -0.25) is 0 Å². The van der Waals surface area contributed by atoms with Crippen LogP contribution >= 0.6 is 0 Å². The Bertz CT molecular complexity index is 536. The highest BCUT2D eigenvalue weighted by Crippen LogP contribution is 2.24. The van der Waals surface area contributed by atoms with E-state index >= 15 is 0 Å². The Morgan fingerprint density at radius 3 is 2.40 bits per heavy atom. The quantitative estimate of drug-likeness (QED) is 0.682. The smallest absolute Gasteiger partial charge is 0.242 e. The first-order valence-corrected chi connectivity index (χ1v) is 4.58. The average molecular weight is 197 g/mol. The van der Waals surface area contributed by atoms with Crippen LogP contribution in [0.1, 0.15) is 5.56 Å². The van der Waals surface area contributed by atoms with E-state index in [-0.39, 0.29) is 5.57 Å². The van der Waals surface area contributed by atoms with Gasteiger partial charge in [0.05, 0.1) is 5.57 Å². The lowest BCUT2D eigenvalue weighted by molar-refractivity contribution is -0.135. The Morgan fingerprint density at radius 2 is 1.67 bits per heavy atom. The third-order valence-electron chi connectivity index (χ3n) is 2.36. The summed E-state index contributed by atoms with van der Waals surface area (Å²) in [6.07, 6.45) is 0. The predicted molar refractivity (Wildman–Crippen MR) is 58.7 cm³/mol. The summed E-state index contributed by atoms with van der Waals surface area (Å²) in [5, 5.41) is 12.6. The Labute approximate surface area is 87.5 Å². The molecule has 1 radical (unpaired) electrons. The summed E-state index contributed by atoms with van der Waals surface area (Å²) in [7, 11) is 0. The third-order valence-corrected chi connectivity index (χ3v) is 2.36. The van der Waals surface area contributed by atoms with Gasteiger partial charge >= 0.3 is 5.97 Å². The van der Waals surface area contributed by atoms with Gasteiger partial charge in [-0.25, -0.2) is 9.90 Å². The number of rotatable bonds is 2. The lowest BCUT2D eigenvalue weighted by Crippen LogP contribution is -1.96. The van der Waals surface area contributed by atoms with Crippen molar-refractivity contribution in [1.29, 1.82) is 0 Å². The molecule has 0 aliphatic carbocycles. The summed E-state index contributed by atoms with van der Waals surface area (Å²) in [5.74, 6) is -1.23. The van der Waals surface area contributed by atoms with E-state index in [9.17, 15) is 9.90 Å². The van der Waals surface area contributed by atoms with Gasteiger partial charge < -0.3 is 0 Å². The van der Waals surface area contributed by atoms with Crippen molar-refractivity contribution >= 4 is 22.3 Å². The van der Waals surface area contributed by atoms with Gasteiger partial charge in [-0.1, -0.05) is 49.0 Å². The molecule has 0 fully saturated rings. The molecule has 15 heavy (non-hydrogen) atoms. The molecular formula is C13H9O2. The lowest BCUT2D eigenvalue weighted by Gasteiger charge is -2.04. The van der Waals surface area contributed by atoms with Crippen molar-refractivity contribution in [2.45, 2.75) is 0 Å². The summed E-state index contributed by atoms with van der Waals surface area (Å²) in [5.41, 5.74) is 0.639. The van der Waals surface area contributed by atoms with Crippen molar-refractivity contribution in [3.05, 3.63) is 54.6 Å². The molecular weight excluding hydrogens is 188 g/mol. The summed E-state index contributed by atoms with van der Waals surface area (Å²) >= 11 is 0. The minimum Gasteiger partial charge on any atom is -0.242 e. The van der Waals surface area contributed by atoms with E-state index in [1.807, 2.05) is 36.4 Å². The van der Waals surface area contributed by atoms with E-state index in [1.54, 1.807) is 6.07 Å². The van der Waals surface area contributed by atoms with Crippen LogP contribution in [0.25, 0.3) is 16.3 Å². The highest BCUT2D eigenvalue weighted by Gasteiger charge is 2.11. The molecule has 73 valence electrons. The molecule has 2 heteroatoms. The van der Waals surface area contributed by atoms with Gasteiger partial charge in [0, 0.05) is 0 Å². The summed E-state index contributed by atoms with van der Waals surface area (Å²) in [6.45, 7) is 3.51. The predicted octanol–water partition coefficient (Wildman–Crippen LogP) is 2.81. The van der Waals surface area contributed by atoms with Crippen LogP contribution < -0.4 is 0 Å². The molecule has 0 N–H and O–H groups in total. The van der Waals surface area contributed by atoms with E-state index in [0.29, 0.717) is 5.56 Å². The Morgan fingerprint density at radius 1 is 1.00 bits per heavy atom. The van der Waals surface area contributed by atoms with Crippen LogP contribution in [0, 0.1) is 0 Å². The standard InChI is InChI=1S/C13H9O2/c1-9(13(14)15)11-8-4-6-10-5-2-3-7-12(10)11/h2-8H,1H2. The molecule has 0 aliphatic heterocycles. The van der Waals surface area contributed by atoms with Crippen LogP contribution in [0.3, 0.4) is 0 Å². The number of carbonyl (C=O) groups is 1. The van der Waals surface area contributed by atoms with Gasteiger partial charge in [0.25, 0.3) is 0 Å². The van der Waals surface area contributed by atoms with Gasteiger partial charge in [-0.15, -0.1) is 0 Å². The molecule has 0 heterocycles. The van der Waals surface area contributed by atoms with Gasteiger partial charge in [0.1, 0.15) is 0 Å². The topological polar surface area (TPSA) is 37.0 Å². The fourth-order valence-electron chi connectivity index (χ4n) is 1.60. The summed E-state index contributed by atoms with van der Waals surface area (Å²) in [4.78, 5) is 10.7. The zero-order chi connectivity index (χ0) is 10.8. The third kappa shape index (κ3) is 1.62. The van der Waals surface area contributed by atoms with Gasteiger partial charge in [-0.2, -0.15) is 0 Å². The summed E-state index contributed by atoms with van der Waals surface area (Å²) in [6, 6.07) is 13.1. The van der Waals surface area contributed by atoms with Crippen molar-refractivity contribution in [2.24, 2.45) is 0 Å². The minimum atomic E-state index is -1.23. The van der Waals surface area contributed by atoms with Crippen LogP contribution in [-0.2, 0) is 9.90 Å². The van der Waals surface area contributed by atoms with E-state index in [2.05, 4.69) is 6.58 Å². The van der Waals surface area contributed by atoms with Gasteiger partial charge in [0.2, 0.25) is 0 Å². The second kappa shape index (κ2) is 3.58. The average Bonchev–Trinajstić information content (AvgIpc) is 2.27. The molecule has 2 rings (SSSR count). The highest BCUT2D eigenvalue weighted by atomic mass is 16.4. The molecule has 0 saturated carbocycles. The van der Waals surface area contributed by atoms with Gasteiger partial charge in [0.15, 0.2) is 0 Å². The van der Waals surface area contributed by atoms with Crippen molar-refractivity contribution in [1.82, 2.24) is 0 Å². The molecule has 0 spiro atoms. The number of benzene rings is 2. The number of fused-ring (bicyclic) bond motifs is 1. The molecule has 0 saturated heterocycles. The lowest BCUT2D eigenvalue weighted by atomic mass is 9.99. The van der Waals surface area contributed by atoms with Crippen LogP contribution in [0.15, 0.2) is 49.0 Å². The maximum absolute atomic E-state index is 10.7. The van der Waals surface area contributed by atoms with E-state index in [1.165, 1.54) is 0 Å². The van der Waals surface area contributed by atoms with Crippen molar-refractivity contribution < 1.29 is 9.90 Å². The maximum Gasteiger partial charge on any atom is 0.386 e. The molecule has 0 aromatic heterocycles. The van der Waals surface area contributed by atoms with Crippen molar-refractivity contribution in [2.75, 3.05) is 0 Å². The Hall–Kier alpha value is -2.09. The molecule has 0 aliphatic rings. The van der Waals surface area contributed by atoms with E-state index < -0.39 is 5.97 Å². The van der Waals surface area contributed by atoms with Crippen molar-refractivity contribution in [3.63, 3.8) is 0 Å². The normalized spacial score (nSPS) is 10.1.